The van der Waals surface area contributed by atoms with Crippen LogP contribution in [0.25, 0.3) is 0 Å². The Balaban J connectivity index is 2.54. The van der Waals surface area contributed by atoms with Crippen LogP contribution < -0.4 is 0 Å². The molecule has 0 spiro atoms. The van der Waals surface area contributed by atoms with E-state index in [4.69, 9.17) is 0 Å². The molecule has 1 heterocycles. The number of hydrogen-bond acceptors (Lipinski definition) is 3. The van der Waals surface area contributed by atoms with Crippen molar-refractivity contribution in [2.45, 2.75) is 31.7 Å². The maximum Gasteiger partial charge on any atom is 0.323 e. The molecule has 0 aromatic rings. The number of carbonyl (C=O) groups is 2. The van der Waals surface area contributed by atoms with Gasteiger partial charge in [0.15, 0.2) is 0 Å². The Morgan fingerprint density at radius 2 is 2.06 bits per heavy atom. The van der Waals surface area contributed by atoms with Crippen molar-refractivity contribution >= 4 is 11.9 Å². The molecule has 1 aliphatic rings. The average Bonchev–Trinajstić information content (AvgIpc) is 2.57. The summed E-state index contributed by atoms with van der Waals surface area (Å²) in [6, 6.07) is 0. The van der Waals surface area contributed by atoms with Gasteiger partial charge in [-0.25, -0.2) is 0 Å². The Hall–Kier alpha value is -1.10. The summed E-state index contributed by atoms with van der Waals surface area (Å²) in [6.45, 7) is 3.03. The summed E-state index contributed by atoms with van der Waals surface area (Å²) in [4.78, 5) is 26.0. The van der Waals surface area contributed by atoms with Crippen molar-refractivity contribution in [2.24, 2.45) is 0 Å². The lowest BCUT2D eigenvalue weighted by atomic mass is 9.99. The minimum atomic E-state index is -0.790. The molecule has 92 valence electrons. The highest BCUT2D eigenvalue weighted by Crippen LogP contribution is 2.29. The molecule has 16 heavy (non-hydrogen) atoms. The lowest BCUT2D eigenvalue weighted by molar-refractivity contribution is -0.149. The summed E-state index contributed by atoms with van der Waals surface area (Å²) in [6.07, 6.45) is 1.94. The zero-order chi connectivity index (χ0) is 12.3. The summed E-state index contributed by atoms with van der Waals surface area (Å²) in [5.74, 6) is -0.748. The lowest BCUT2D eigenvalue weighted by Gasteiger charge is -2.31. The number of amides is 1. The minimum Gasteiger partial charge on any atom is -0.480 e. The van der Waals surface area contributed by atoms with Crippen molar-refractivity contribution in [1.29, 1.82) is 0 Å². The zero-order valence-corrected chi connectivity index (χ0v) is 10.2. The average molecular weight is 228 g/mol. The van der Waals surface area contributed by atoms with E-state index in [1.54, 1.807) is 21.0 Å². The number of rotatable bonds is 4. The molecule has 1 saturated heterocycles. The van der Waals surface area contributed by atoms with Gasteiger partial charge in [0.1, 0.15) is 5.54 Å². The second kappa shape index (κ2) is 4.82. The Morgan fingerprint density at radius 3 is 2.56 bits per heavy atom. The summed E-state index contributed by atoms with van der Waals surface area (Å²) in [5.41, 5.74) is -0.785. The summed E-state index contributed by atoms with van der Waals surface area (Å²) < 4.78 is 0. The van der Waals surface area contributed by atoms with Crippen molar-refractivity contribution < 1.29 is 14.7 Å². The van der Waals surface area contributed by atoms with Crippen LogP contribution in [0.15, 0.2) is 0 Å². The van der Waals surface area contributed by atoms with E-state index in [-0.39, 0.29) is 5.91 Å². The first-order valence-electron chi connectivity index (χ1n) is 5.56. The number of carbonyl (C=O) groups excluding carboxylic acids is 1. The Kier molecular flexibility index (Phi) is 3.91. The predicted octanol–water partition coefficient (Wildman–Crippen LogP) is 0.404. The molecule has 0 saturated carbocycles. The third kappa shape index (κ3) is 2.52. The molecule has 5 nitrogen and oxygen atoms in total. The van der Waals surface area contributed by atoms with Gasteiger partial charge in [-0.05, 0) is 26.3 Å². The second-order valence-corrected chi connectivity index (χ2v) is 4.71. The highest BCUT2D eigenvalue weighted by molar-refractivity contribution is 5.79. The van der Waals surface area contributed by atoms with E-state index in [1.807, 2.05) is 4.90 Å². The molecule has 0 aromatic carbocycles. The van der Waals surface area contributed by atoms with Crippen LogP contribution in [0.1, 0.15) is 26.2 Å². The fourth-order valence-electron chi connectivity index (χ4n) is 2.07. The molecular formula is C11H20N2O3. The van der Waals surface area contributed by atoms with Gasteiger partial charge in [-0.2, -0.15) is 0 Å². The molecule has 1 N–H and O–H groups in total. The van der Waals surface area contributed by atoms with E-state index in [2.05, 4.69) is 0 Å². The van der Waals surface area contributed by atoms with E-state index in [0.717, 1.165) is 13.0 Å². The van der Waals surface area contributed by atoms with Crippen LogP contribution in [-0.2, 0) is 9.59 Å². The Bertz CT molecular complexity index is 291. The molecule has 0 aliphatic carbocycles. The molecule has 0 bridgehead atoms. The van der Waals surface area contributed by atoms with E-state index >= 15 is 0 Å². The van der Waals surface area contributed by atoms with Crippen LogP contribution in [0.5, 0.6) is 0 Å². The maximum absolute atomic E-state index is 11.4. The smallest absolute Gasteiger partial charge is 0.323 e. The van der Waals surface area contributed by atoms with Gasteiger partial charge < -0.3 is 10.0 Å². The van der Waals surface area contributed by atoms with Gasteiger partial charge in [0.2, 0.25) is 5.91 Å². The molecule has 1 aliphatic heterocycles. The standard InChI is InChI=1S/C11H20N2O3/c1-11(10(15)16)6-4-7-13(11)8-5-9(14)12(2)3/h4-8H2,1-3H3,(H,15,16). The van der Waals surface area contributed by atoms with Crippen molar-refractivity contribution in [3.05, 3.63) is 0 Å². The number of likely N-dealkylation sites (tertiary alicyclic amines) is 1. The molecule has 0 aromatic heterocycles. The molecule has 1 fully saturated rings. The van der Waals surface area contributed by atoms with Crippen molar-refractivity contribution in [3.8, 4) is 0 Å². The molecule has 1 unspecified atom stereocenters. The zero-order valence-electron chi connectivity index (χ0n) is 10.2. The Morgan fingerprint density at radius 1 is 1.44 bits per heavy atom. The van der Waals surface area contributed by atoms with Gasteiger partial charge in [-0.1, -0.05) is 0 Å². The normalized spacial score (nSPS) is 25.7. The number of nitrogens with zero attached hydrogens (tertiary/aromatic N) is 2. The van der Waals surface area contributed by atoms with Gasteiger partial charge >= 0.3 is 5.97 Å². The monoisotopic (exact) mass is 228 g/mol. The quantitative estimate of drug-likeness (QED) is 0.757. The Labute approximate surface area is 96.0 Å². The molecule has 0 radical (unpaired) electrons. The first-order valence-corrected chi connectivity index (χ1v) is 5.56. The van der Waals surface area contributed by atoms with Crippen LogP contribution in [-0.4, -0.2) is 59.5 Å². The third-order valence-electron chi connectivity index (χ3n) is 3.34. The highest BCUT2D eigenvalue weighted by atomic mass is 16.4. The molecule has 1 rings (SSSR count). The van der Waals surface area contributed by atoms with Crippen LogP contribution >= 0.6 is 0 Å². The summed E-state index contributed by atoms with van der Waals surface area (Å²) in [7, 11) is 3.42. The van der Waals surface area contributed by atoms with Crippen LogP contribution in [0.3, 0.4) is 0 Å². The van der Waals surface area contributed by atoms with E-state index in [9.17, 15) is 14.7 Å². The fourth-order valence-corrected chi connectivity index (χ4v) is 2.07. The predicted molar refractivity (Wildman–Crippen MR) is 60.2 cm³/mol. The number of aliphatic carboxylic acids is 1. The first-order chi connectivity index (χ1) is 7.38. The van der Waals surface area contributed by atoms with Crippen LogP contribution in [0.2, 0.25) is 0 Å². The van der Waals surface area contributed by atoms with Crippen molar-refractivity contribution in [1.82, 2.24) is 9.80 Å². The molecule has 1 atom stereocenters. The molecular weight excluding hydrogens is 208 g/mol. The topological polar surface area (TPSA) is 60.9 Å². The third-order valence-corrected chi connectivity index (χ3v) is 3.34. The van der Waals surface area contributed by atoms with Gasteiger partial charge in [0, 0.05) is 27.1 Å². The van der Waals surface area contributed by atoms with Crippen LogP contribution in [0, 0.1) is 0 Å². The number of carboxylic acids is 1. The van der Waals surface area contributed by atoms with E-state index in [0.29, 0.717) is 19.4 Å². The van der Waals surface area contributed by atoms with Gasteiger partial charge in [-0.15, -0.1) is 0 Å². The molecule has 1 amide bonds. The SMILES string of the molecule is CN(C)C(=O)CCN1CCCC1(C)C(=O)O. The lowest BCUT2D eigenvalue weighted by Crippen LogP contribution is -2.48. The largest absolute Gasteiger partial charge is 0.480 e. The summed E-state index contributed by atoms with van der Waals surface area (Å²) >= 11 is 0. The number of hydrogen-bond donors (Lipinski definition) is 1. The van der Waals surface area contributed by atoms with Gasteiger partial charge in [-0.3, -0.25) is 14.5 Å². The van der Waals surface area contributed by atoms with E-state index in [1.165, 1.54) is 4.90 Å². The number of carboxylic acid groups (broad SMARTS) is 1. The minimum absolute atomic E-state index is 0.0413. The van der Waals surface area contributed by atoms with Crippen molar-refractivity contribution in [2.75, 3.05) is 27.2 Å². The van der Waals surface area contributed by atoms with Gasteiger partial charge in [0.25, 0.3) is 0 Å². The van der Waals surface area contributed by atoms with Crippen molar-refractivity contribution in [3.63, 3.8) is 0 Å². The maximum atomic E-state index is 11.4. The first kappa shape index (κ1) is 13.0. The highest BCUT2D eigenvalue weighted by Gasteiger charge is 2.43. The summed E-state index contributed by atoms with van der Waals surface area (Å²) in [5, 5.41) is 9.18. The van der Waals surface area contributed by atoms with E-state index < -0.39 is 11.5 Å². The van der Waals surface area contributed by atoms with Gasteiger partial charge in [0.05, 0.1) is 0 Å². The second-order valence-electron chi connectivity index (χ2n) is 4.71. The van der Waals surface area contributed by atoms with Crippen LogP contribution in [0.4, 0.5) is 0 Å². The molecule has 5 heteroatoms. The fraction of sp³-hybridized carbons (Fsp3) is 0.818.